The molecule has 0 amide bonds. The lowest BCUT2D eigenvalue weighted by Crippen LogP contribution is -2.45. The van der Waals surface area contributed by atoms with E-state index in [9.17, 15) is 31.5 Å². The summed E-state index contributed by atoms with van der Waals surface area (Å²) in [5.41, 5.74) is -2.01. The van der Waals surface area contributed by atoms with E-state index in [1.807, 2.05) is 0 Å². The number of esters is 2. The topological polar surface area (TPSA) is 52.6 Å². The van der Waals surface area contributed by atoms with E-state index in [4.69, 9.17) is 4.74 Å². The van der Waals surface area contributed by atoms with Crippen LogP contribution in [-0.4, -0.2) is 36.2 Å². The van der Waals surface area contributed by atoms with E-state index in [2.05, 4.69) is 4.74 Å². The van der Waals surface area contributed by atoms with Crippen LogP contribution in [0.2, 0.25) is 0 Å². The molecule has 1 aliphatic carbocycles. The Labute approximate surface area is 149 Å². The van der Waals surface area contributed by atoms with Crippen LogP contribution in [0.25, 0.3) is 0 Å². The first-order valence-electron chi connectivity index (χ1n) is 8.58. The Bertz CT molecular complexity index is 508. The predicted molar refractivity (Wildman–Crippen MR) is 82.6 cm³/mol. The summed E-state index contributed by atoms with van der Waals surface area (Å²) in [6.07, 6.45) is -2.99. The molecule has 26 heavy (non-hydrogen) atoms. The normalized spacial score (nSPS) is 18.3. The molecule has 0 spiro atoms. The van der Waals surface area contributed by atoms with E-state index in [0.717, 1.165) is 6.42 Å². The molecule has 0 unspecified atom stereocenters. The van der Waals surface area contributed by atoms with Crippen molar-refractivity contribution in [2.45, 2.75) is 83.4 Å². The lowest BCUT2D eigenvalue weighted by molar-refractivity contribution is -0.294. The number of carbonyl (C=O) groups is 2. The molecule has 0 N–H and O–H groups in total. The van der Waals surface area contributed by atoms with E-state index < -0.39 is 48.1 Å². The van der Waals surface area contributed by atoms with Crippen molar-refractivity contribution in [2.75, 3.05) is 6.61 Å². The third kappa shape index (κ3) is 5.81. The van der Waals surface area contributed by atoms with Crippen LogP contribution >= 0.6 is 0 Å². The Hall–Kier alpha value is -1.41. The molecule has 0 aromatic rings. The molecule has 1 fully saturated rings. The predicted octanol–water partition coefficient (Wildman–Crippen LogP) is 4.80. The van der Waals surface area contributed by atoms with Gasteiger partial charge in [-0.2, -0.15) is 22.0 Å². The van der Waals surface area contributed by atoms with Crippen molar-refractivity contribution in [3.63, 3.8) is 0 Å². The van der Waals surface area contributed by atoms with Crippen LogP contribution in [0.1, 0.15) is 65.7 Å². The Morgan fingerprint density at radius 2 is 1.54 bits per heavy atom. The fourth-order valence-corrected chi connectivity index (χ4v) is 2.56. The van der Waals surface area contributed by atoms with Gasteiger partial charge >= 0.3 is 24.0 Å². The first-order chi connectivity index (χ1) is 11.7. The summed E-state index contributed by atoms with van der Waals surface area (Å²) in [5.74, 6) is -6.89. The fourth-order valence-electron chi connectivity index (χ4n) is 2.56. The maximum Gasteiger partial charge on any atom is 0.456 e. The molecule has 1 rings (SSSR count). The van der Waals surface area contributed by atoms with E-state index in [1.54, 1.807) is 20.8 Å². The molecule has 0 aliphatic heterocycles. The molecular formula is C17H25F5O4. The van der Waals surface area contributed by atoms with Gasteiger partial charge < -0.3 is 9.47 Å². The number of alkyl halides is 5. The van der Waals surface area contributed by atoms with Crippen LogP contribution < -0.4 is 0 Å². The van der Waals surface area contributed by atoms with Crippen LogP contribution in [0.15, 0.2) is 0 Å². The van der Waals surface area contributed by atoms with Gasteiger partial charge in [-0.25, -0.2) is 0 Å². The first kappa shape index (κ1) is 22.6. The monoisotopic (exact) mass is 388 g/mol. The molecule has 9 heteroatoms. The van der Waals surface area contributed by atoms with Crippen molar-refractivity contribution in [1.29, 1.82) is 0 Å². The maximum atomic E-state index is 12.9. The minimum Gasteiger partial charge on any atom is -0.459 e. The van der Waals surface area contributed by atoms with E-state index in [1.165, 1.54) is 0 Å². The molecule has 0 bridgehead atoms. The highest BCUT2D eigenvalue weighted by Gasteiger charge is 2.58. The zero-order valence-electron chi connectivity index (χ0n) is 15.2. The van der Waals surface area contributed by atoms with Crippen LogP contribution in [0.3, 0.4) is 0 Å². The van der Waals surface area contributed by atoms with Gasteiger partial charge in [-0.05, 0) is 46.0 Å². The number of halogens is 5. The van der Waals surface area contributed by atoms with Crippen LogP contribution in [0, 0.1) is 5.41 Å². The van der Waals surface area contributed by atoms with E-state index in [0.29, 0.717) is 32.1 Å². The lowest BCUT2D eigenvalue weighted by Gasteiger charge is -2.38. The summed E-state index contributed by atoms with van der Waals surface area (Å²) in [7, 11) is 0. The molecule has 0 aromatic carbocycles. The summed E-state index contributed by atoms with van der Waals surface area (Å²) >= 11 is 0. The van der Waals surface area contributed by atoms with Gasteiger partial charge in [0, 0.05) is 0 Å². The highest BCUT2D eigenvalue weighted by Crippen LogP contribution is 2.39. The molecule has 1 aliphatic rings. The second-order valence-corrected chi connectivity index (χ2v) is 7.41. The molecule has 0 saturated heterocycles. The number of hydrogen-bond donors (Lipinski definition) is 0. The third-order valence-electron chi connectivity index (χ3n) is 4.81. The SMILES string of the molecule is CCC(C)(C)C(=O)OC1(CC(=O)OCC(F)(F)C(F)(F)F)CCCCC1. The average molecular weight is 388 g/mol. The number of hydrogen-bond acceptors (Lipinski definition) is 4. The Morgan fingerprint density at radius 1 is 1.00 bits per heavy atom. The summed E-state index contributed by atoms with van der Waals surface area (Å²) in [4.78, 5) is 24.2. The van der Waals surface area contributed by atoms with Gasteiger partial charge in [0.05, 0.1) is 11.8 Å². The Morgan fingerprint density at radius 3 is 2.00 bits per heavy atom. The second-order valence-electron chi connectivity index (χ2n) is 7.41. The quantitative estimate of drug-likeness (QED) is 0.464. The molecule has 0 heterocycles. The van der Waals surface area contributed by atoms with Gasteiger partial charge in [-0.15, -0.1) is 0 Å². The maximum absolute atomic E-state index is 12.9. The summed E-state index contributed by atoms with van der Waals surface area (Å²) in [5, 5.41) is 0. The van der Waals surface area contributed by atoms with Crippen molar-refractivity contribution in [3.05, 3.63) is 0 Å². The Balaban J connectivity index is 2.78. The lowest BCUT2D eigenvalue weighted by atomic mass is 9.81. The first-order valence-corrected chi connectivity index (χ1v) is 8.58. The van der Waals surface area contributed by atoms with Crippen molar-refractivity contribution in [3.8, 4) is 0 Å². The zero-order chi connectivity index (χ0) is 20.2. The highest BCUT2D eigenvalue weighted by molar-refractivity contribution is 5.77. The van der Waals surface area contributed by atoms with Gasteiger partial charge in [0.2, 0.25) is 0 Å². The molecule has 1 saturated carbocycles. The van der Waals surface area contributed by atoms with Gasteiger partial charge in [-0.3, -0.25) is 9.59 Å². The van der Waals surface area contributed by atoms with Crippen molar-refractivity contribution in [1.82, 2.24) is 0 Å². The molecule has 0 aromatic heterocycles. The van der Waals surface area contributed by atoms with Gasteiger partial charge in [0.15, 0.2) is 6.61 Å². The van der Waals surface area contributed by atoms with Crippen LogP contribution in [-0.2, 0) is 19.1 Å². The molecule has 0 atom stereocenters. The van der Waals surface area contributed by atoms with E-state index >= 15 is 0 Å². The number of ether oxygens (including phenoxy) is 2. The van der Waals surface area contributed by atoms with Crippen molar-refractivity contribution < 1.29 is 41.0 Å². The molecular weight excluding hydrogens is 363 g/mol. The van der Waals surface area contributed by atoms with Crippen LogP contribution in [0.4, 0.5) is 22.0 Å². The van der Waals surface area contributed by atoms with E-state index in [-0.39, 0.29) is 0 Å². The zero-order valence-corrected chi connectivity index (χ0v) is 15.2. The Kier molecular flexibility index (Phi) is 7.04. The highest BCUT2D eigenvalue weighted by atomic mass is 19.4. The second kappa shape index (κ2) is 8.08. The largest absolute Gasteiger partial charge is 0.459 e. The van der Waals surface area contributed by atoms with Crippen LogP contribution in [0.5, 0.6) is 0 Å². The van der Waals surface area contributed by atoms with Gasteiger partial charge in [0.25, 0.3) is 0 Å². The summed E-state index contributed by atoms with van der Waals surface area (Å²) < 4.78 is 71.9. The smallest absolute Gasteiger partial charge is 0.456 e. The molecule has 0 radical (unpaired) electrons. The summed E-state index contributed by atoms with van der Waals surface area (Å²) in [6.45, 7) is 3.06. The molecule has 152 valence electrons. The van der Waals surface area contributed by atoms with Gasteiger partial charge in [0.1, 0.15) is 5.60 Å². The van der Waals surface area contributed by atoms with Crippen molar-refractivity contribution in [2.24, 2.45) is 5.41 Å². The molecule has 4 nitrogen and oxygen atoms in total. The van der Waals surface area contributed by atoms with Crippen molar-refractivity contribution >= 4 is 11.9 Å². The fraction of sp³-hybridized carbons (Fsp3) is 0.882. The minimum atomic E-state index is -5.80. The summed E-state index contributed by atoms with van der Waals surface area (Å²) in [6, 6.07) is 0. The number of rotatable bonds is 7. The standard InChI is InChI=1S/C17H25F5O4/c1-4-14(2,3)13(24)26-15(8-6-5-7-9-15)10-12(23)25-11-16(18,19)17(20,21)22/h4-11H2,1-3H3. The third-order valence-corrected chi connectivity index (χ3v) is 4.81. The number of carbonyl (C=O) groups excluding carboxylic acids is 2. The average Bonchev–Trinajstić information content (AvgIpc) is 2.52. The minimum absolute atomic E-state index is 0.337. The van der Waals surface area contributed by atoms with Gasteiger partial charge in [-0.1, -0.05) is 13.3 Å².